The fraction of sp³-hybridized carbons (Fsp3) is 0.320. The number of methoxy groups -OCH3 is 1. The van der Waals surface area contributed by atoms with Crippen molar-refractivity contribution in [2.24, 2.45) is 5.92 Å². The molecule has 1 amide bonds. The van der Waals surface area contributed by atoms with Crippen LogP contribution in [0.4, 0.5) is 11.4 Å². The van der Waals surface area contributed by atoms with E-state index in [2.05, 4.69) is 21.7 Å². The number of hydrogen-bond donors (Lipinski definition) is 2. The number of carbonyl (C=O) groups is 1. The molecule has 1 aliphatic rings. The summed E-state index contributed by atoms with van der Waals surface area (Å²) in [5.41, 5.74) is 3.59. The lowest BCUT2D eigenvalue weighted by Gasteiger charge is -2.22. The summed E-state index contributed by atoms with van der Waals surface area (Å²) < 4.78 is 5.23. The maximum Gasteiger partial charge on any atom is 0.227 e. The molecule has 4 rings (SSSR count). The quantitative estimate of drug-likeness (QED) is 0.490. The zero-order valence-corrected chi connectivity index (χ0v) is 18.7. The first-order valence-corrected chi connectivity index (χ1v) is 11.2. The maximum atomic E-state index is 12.9. The topological polar surface area (TPSA) is 87.0 Å². The van der Waals surface area contributed by atoms with E-state index in [1.165, 1.54) is 6.42 Å². The number of hydrogen-bond acceptors (Lipinski definition) is 5. The normalized spacial score (nSPS) is 14.0. The van der Waals surface area contributed by atoms with Crippen molar-refractivity contribution in [1.82, 2.24) is 4.98 Å². The van der Waals surface area contributed by atoms with Gasteiger partial charge in [-0.15, -0.1) is 0 Å². The molecule has 1 aromatic heterocycles. The molecule has 0 bridgehead atoms. The number of amides is 1. The molecular formula is C25H25ClN4O2. The maximum absolute atomic E-state index is 12.9. The Morgan fingerprint density at radius 2 is 2.03 bits per heavy atom. The highest BCUT2D eigenvalue weighted by Gasteiger charge is 2.22. The first-order valence-electron chi connectivity index (χ1n) is 10.8. The SMILES string of the molecule is COc1ccc(CNc2c(NC(=O)C3CCCCC3)cnc3ccc(C#N)cc23)cc1Cl. The molecule has 0 aliphatic heterocycles. The molecule has 0 radical (unpaired) electrons. The first-order chi connectivity index (χ1) is 15.6. The van der Waals surface area contributed by atoms with Gasteiger partial charge in [0, 0.05) is 17.8 Å². The Hall–Kier alpha value is -3.30. The van der Waals surface area contributed by atoms with Gasteiger partial charge in [-0.05, 0) is 48.7 Å². The summed E-state index contributed by atoms with van der Waals surface area (Å²) >= 11 is 6.28. The Morgan fingerprint density at radius 1 is 1.22 bits per heavy atom. The molecule has 2 aromatic carbocycles. The summed E-state index contributed by atoms with van der Waals surface area (Å²) in [7, 11) is 1.58. The van der Waals surface area contributed by atoms with E-state index in [1.807, 2.05) is 24.3 Å². The van der Waals surface area contributed by atoms with Crippen LogP contribution >= 0.6 is 11.6 Å². The minimum absolute atomic E-state index is 0.0258. The van der Waals surface area contributed by atoms with Crippen molar-refractivity contribution in [3.63, 3.8) is 0 Å². The van der Waals surface area contributed by atoms with Gasteiger partial charge in [0.1, 0.15) is 5.75 Å². The lowest BCUT2D eigenvalue weighted by atomic mass is 9.88. The average Bonchev–Trinajstić information content (AvgIpc) is 2.83. The van der Waals surface area contributed by atoms with Crippen LogP contribution in [0.1, 0.15) is 43.2 Å². The molecule has 32 heavy (non-hydrogen) atoms. The molecule has 2 N–H and O–H groups in total. The van der Waals surface area contributed by atoms with Gasteiger partial charge < -0.3 is 15.4 Å². The number of rotatable bonds is 6. The average molecular weight is 449 g/mol. The van der Waals surface area contributed by atoms with Crippen LogP contribution in [-0.4, -0.2) is 18.0 Å². The number of nitriles is 1. The van der Waals surface area contributed by atoms with Gasteiger partial charge in [0.15, 0.2) is 0 Å². The first kappa shape index (κ1) is 21.9. The summed E-state index contributed by atoms with van der Waals surface area (Å²) in [4.78, 5) is 17.4. The van der Waals surface area contributed by atoms with E-state index in [1.54, 1.807) is 25.4 Å². The van der Waals surface area contributed by atoms with E-state index in [9.17, 15) is 10.1 Å². The minimum Gasteiger partial charge on any atom is -0.495 e. The number of benzene rings is 2. The molecule has 1 heterocycles. The Balaban J connectivity index is 1.66. The number of aromatic nitrogens is 1. The number of fused-ring (bicyclic) bond motifs is 1. The monoisotopic (exact) mass is 448 g/mol. The van der Waals surface area contributed by atoms with E-state index in [4.69, 9.17) is 16.3 Å². The molecular weight excluding hydrogens is 424 g/mol. The summed E-state index contributed by atoms with van der Waals surface area (Å²) in [6.45, 7) is 0.478. The standard InChI is InChI=1S/C25H25ClN4O2/c1-32-23-10-8-17(12-20(23)26)14-29-24-19-11-16(13-27)7-9-21(19)28-15-22(24)30-25(31)18-5-3-2-4-6-18/h7-12,15,18H,2-6,14H2,1H3,(H,28,29)(H,30,31). The lowest BCUT2D eigenvalue weighted by Crippen LogP contribution is -2.25. The van der Waals surface area contributed by atoms with E-state index in [0.717, 1.165) is 47.8 Å². The third-order valence-electron chi connectivity index (χ3n) is 5.92. The Kier molecular flexibility index (Phi) is 6.77. The third kappa shape index (κ3) is 4.79. The van der Waals surface area contributed by atoms with Crippen molar-refractivity contribution in [2.45, 2.75) is 38.6 Å². The van der Waals surface area contributed by atoms with Crippen LogP contribution in [0, 0.1) is 17.2 Å². The lowest BCUT2D eigenvalue weighted by molar-refractivity contribution is -0.120. The molecule has 0 atom stereocenters. The van der Waals surface area contributed by atoms with E-state index in [-0.39, 0.29) is 11.8 Å². The zero-order chi connectivity index (χ0) is 22.5. The summed E-state index contributed by atoms with van der Waals surface area (Å²) in [5, 5.41) is 17.2. The number of nitrogens with one attached hydrogen (secondary N) is 2. The van der Waals surface area contributed by atoms with Crippen LogP contribution in [0.5, 0.6) is 5.75 Å². The van der Waals surface area contributed by atoms with Crippen LogP contribution < -0.4 is 15.4 Å². The van der Waals surface area contributed by atoms with Gasteiger partial charge in [-0.1, -0.05) is 36.9 Å². The molecule has 1 aliphatic carbocycles. The number of nitrogens with zero attached hydrogens (tertiary/aromatic N) is 2. The number of carbonyl (C=O) groups excluding carboxylic acids is 1. The third-order valence-corrected chi connectivity index (χ3v) is 6.21. The second kappa shape index (κ2) is 9.88. The Bertz CT molecular complexity index is 1180. The van der Waals surface area contributed by atoms with Gasteiger partial charge in [-0.2, -0.15) is 5.26 Å². The van der Waals surface area contributed by atoms with Crippen LogP contribution in [-0.2, 0) is 11.3 Å². The summed E-state index contributed by atoms with van der Waals surface area (Å²) in [6.07, 6.45) is 6.87. The van der Waals surface area contributed by atoms with E-state index < -0.39 is 0 Å². The molecule has 0 spiro atoms. The zero-order valence-electron chi connectivity index (χ0n) is 18.0. The molecule has 7 heteroatoms. The number of halogens is 1. The van der Waals surface area contributed by atoms with Crippen molar-refractivity contribution in [2.75, 3.05) is 17.7 Å². The van der Waals surface area contributed by atoms with Gasteiger partial charge in [0.05, 0.1) is 46.9 Å². The Labute approximate surface area is 192 Å². The van der Waals surface area contributed by atoms with E-state index >= 15 is 0 Å². The van der Waals surface area contributed by atoms with Gasteiger partial charge in [-0.25, -0.2) is 0 Å². The summed E-state index contributed by atoms with van der Waals surface area (Å²) in [5.74, 6) is 0.667. The van der Waals surface area contributed by atoms with Crippen molar-refractivity contribution in [3.8, 4) is 11.8 Å². The number of anilines is 2. The van der Waals surface area contributed by atoms with Crippen LogP contribution in [0.3, 0.4) is 0 Å². The predicted octanol–water partition coefficient (Wildman–Crippen LogP) is 5.90. The van der Waals surface area contributed by atoms with Gasteiger partial charge in [0.25, 0.3) is 0 Å². The molecule has 164 valence electrons. The smallest absolute Gasteiger partial charge is 0.227 e. The van der Waals surface area contributed by atoms with Crippen molar-refractivity contribution in [1.29, 1.82) is 5.26 Å². The van der Waals surface area contributed by atoms with Crippen molar-refractivity contribution in [3.05, 3.63) is 58.7 Å². The van der Waals surface area contributed by atoms with Crippen LogP contribution in [0.25, 0.3) is 10.9 Å². The fourth-order valence-electron chi connectivity index (χ4n) is 4.16. The molecule has 1 fully saturated rings. The Morgan fingerprint density at radius 3 is 2.75 bits per heavy atom. The molecule has 0 saturated heterocycles. The second-order valence-electron chi connectivity index (χ2n) is 8.04. The number of ether oxygens (including phenoxy) is 1. The van der Waals surface area contributed by atoms with Crippen molar-refractivity contribution < 1.29 is 9.53 Å². The number of pyridine rings is 1. The highest BCUT2D eigenvalue weighted by atomic mass is 35.5. The molecule has 0 unspecified atom stereocenters. The van der Waals surface area contributed by atoms with Crippen LogP contribution in [0.2, 0.25) is 5.02 Å². The van der Waals surface area contributed by atoms with Crippen molar-refractivity contribution >= 4 is 39.8 Å². The van der Waals surface area contributed by atoms with Gasteiger partial charge in [0.2, 0.25) is 5.91 Å². The van der Waals surface area contributed by atoms with Gasteiger partial charge >= 0.3 is 0 Å². The largest absolute Gasteiger partial charge is 0.495 e. The van der Waals surface area contributed by atoms with Crippen LogP contribution in [0.15, 0.2) is 42.6 Å². The highest BCUT2D eigenvalue weighted by Crippen LogP contribution is 2.33. The fourth-order valence-corrected chi connectivity index (χ4v) is 4.44. The minimum atomic E-state index is 0.0258. The summed E-state index contributed by atoms with van der Waals surface area (Å²) in [6, 6.07) is 13.1. The molecule has 1 saturated carbocycles. The molecule has 6 nitrogen and oxygen atoms in total. The van der Waals surface area contributed by atoms with Gasteiger partial charge in [-0.3, -0.25) is 9.78 Å². The van der Waals surface area contributed by atoms with E-state index in [0.29, 0.717) is 28.6 Å². The predicted molar refractivity (Wildman–Crippen MR) is 127 cm³/mol. The second-order valence-corrected chi connectivity index (χ2v) is 8.44. The molecule has 3 aromatic rings. The highest BCUT2D eigenvalue weighted by molar-refractivity contribution is 6.32.